The molecule has 5 heteroatoms. The molecule has 0 radical (unpaired) electrons. The van der Waals surface area contributed by atoms with Crippen molar-refractivity contribution >= 4 is 0 Å². The molecule has 0 aromatic carbocycles. The smallest absolute Gasteiger partial charge is 0.0701 e. The monoisotopic (exact) mass is 277 g/mol. The summed E-state index contributed by atoms with van der Waals surface area (Å²) in [5.74, 6) is 0. The van der Waals surface area contributed by atoms with Crippen molar-refractivity contribution in [1.82, 2.24) is 5.32 Å². The molecule has 0 amide bonds. The van der Waals surface area contributed by atoms with Gasteiger partial charge in [0.2, 0.25) is 0 Å². The Hall–Kier alpha value is -0.200. The number of nitrogens with one attached hydrogen (secondary N) is 1. The Labute approximate surface area is 117 Å². The van der Waals surface area contributed by atoms with Crippen LogP contribution in [0.2, 0.25) is 0 Å². The van der Waals surface area contributed by atoms with Crippen LogP contribution >= 0.6 is 0 Å². The van der Waals surface area contributed by atoms with Crippen LogP contribution < -0.4 is 5.32 Å². The molecule has 19 heavy (non-hydrogen) atoms. The first-order valence-corrected chi connectivity index (χ1v) is 7.43. The standard InChI is InChI=1S/C14H31NO4/c1-3-5-7-16-9-11-18-13-14-19-12-10-17-8-6-15-4-2/h15H,3-14H2,1-2H3. The Morgan fingerprint density at radius 1 is 0.632 bits per heavy atom. The number of likely N-dealkylation sites (N-methyl/N-ethyl adjacent to an activating group) is 1. The first-order chi connectivity index (χ1) is 9.41. The third kappa shape index (κ3) is 17.8. The van der Waals surface area contributed by atoms with E-state index in [0.29, 0.717) is 39.6 Å². The van der Waals surface area contributed by atoms with E-state index in [1.54, 1.807) is 0 Å². The first kappa shape index (κ1) is 18.8. The van der Waals surface area contributed by atoms with Crippen molar-refractivity contribution in [2.24, 2.45) is 0 Å². The summed E-state index contributed by atoms with van der Waals surface area (Å²) in [5, 5.41) is 3.19. The van der Waals surface area contributed by atoms with E-state index in [9.17, 15) is 0 Å². The fraction of sp³-hybridized carbons (Fsp3) is 1.00. The van der Waals surface area contributed by atoms with Gasteiger partial charge in [0, 0.05) is 13.2 Å². The Kier molecular flexibility index (Phi) is 17.6. The number of hydrogen-bond donors (Lipinski definition) is 1. The van der Waals surface area contributed by atoms with Gasteiger partial charge in [-0.15, -0.1) is 0 Å². The van der Waals surface area contributed by atoms with Crippen LogP contribution in [-0.2, 0) is 18.9 Å². The lowest BCUT2D eigenvalue weighted by Gasteiger charge is -2.07. The van der Waals surface area contributed by atoms with Gasteiger partial charge in [-0.05, 0) is 13.0 Å². The second-order valence-corrected chi connectivity index (χ2v) is 4.16. The maximum atomic E-state index is 5.37. The summed E-state index contributed by atoms with van der Waals surface area (Å²) in [6.07, 6.45) is 2.29. The van der Waals surface area contributed by atoms with Gasteiger partial charge in [0.05, 0.1) is 46.2 Å². The summed E-state index contributed by atoms with van der Waals surface area (Å²) in [5.41, 5.74) is 0. The van der Waals surface area contributed by atoms with Gasteiger partial charge in [0.15, 0.2) is 0 Å². The van der Waals surface area contributed by atoms with Crippen LogP contribution in [0.5, 0.6) is 0 Å². The molecule has 0 saturated heterocycles. The quantitative estimate of drug-likeness (QED) is 0.433. The molecule has 0 atom stereocenters. The topological polar surface area (TPSA) is 49.0 Å². The molecule has 0 aromatic rings. The fourth-order valence-electron chi connectivity index (χ4n) is 1.33. The minimum atomic E-state index is 0.617. The molecule has 0 aliphatic carbocycles. The van der Waals surface area contributed by atoms with Crippen molar-refractivity contribution in [3.8, 4) is 0 Å². The lowest BCUT2D eigenvalue weighted by molar-refractivity contribution is -0.00166. The van der Waals surface area contributed by atoms with E-state index in [2.05, 4.69) is 19.2 Å². The average Bonchev–Trinajstić information content (AvgIpc) is 2.43. The normalized spacial score (nSPS) is 11.1. The molecule has 0 spiro atoms. The maximum absolute atomic E-state index is 5.37. The number of rotatable bonds is 16. The molecule has 0 bridgehead atoms. The van der Waals surface area contributed by atoms with Crippen LogP contribution in [0.25, 0.3) is 0 Å². The van der Waals surface area contributed by atoms with Crippen LogP contribution in [0.3, 0.4) is 0 Å². The van der Waals surface area contributed by atoms with Gasteiger partial charge in [0.25, 0.3) is 0 Å². The van der Waals surface area contributed by atoms with Crippen molar-refractivity contribution in [2.75, 3.05) is 65.9 Å². The Morgan fingerprint density at radius 2 is 1.11 bits per heavy atom. The van der Waals surface area contributed by atoms with Crippen LogP contribution in [0.1, 0.15) is 26.7 Å². The molecule has 0 unspecified atom stereocenters. The number of ether oxygens (including phenoxy) is 4. The zero-order chi connectivity index (χ0) is 14.0. The Balaban J connectivity index is 2.88. The lowest BCUT2D eigenvalue weighted by Crippen LogP contribution is -2.20. The molecule has 0 saturated carbocycles. The van der Waals surface area contributed by atoms with E-state index in [1.165, 1.54) is 6.42 Å². The highest BCUT2D eigenvalue weighted by Gasteiger charge is 1.92. The van der Waals surface area contributed by atoms with Crippen LogP contribution in [0.15, 0.2) is 0 Å². The van der Waals surface area contributed by atoms with Gasteiger partial charge >= 0.3 is 0 Å². The summed E-state index contributed by atoms with van der Waals surface area (Å²) < 4.78 is 21.5. The number of unbranched alkanes of at least 4 members (excludes halogenated alkanes) is 1. The predicted molar refractivity (Wildman–Crippen MR) is 76.7 cm³/mol. The second-order valence-electron chi connectivity index (χ2n) is 4.16. The molecule has 0 fully saturated rings. The molecule has 5 nitrogen and oxygen atoms in total. The van der Waals surface area contributed by atoms with Crippen LogP contribution in [-0.4, -0.2) is 65.9 Å². The predicted octanol–water partition coefficient (Wildman–Crippen LogP) is 1.46. The van der Waals surface area contributed by atoms with Crippen molar-refractivity contribution in [1.29, 1.82) is 0 Å². The molecule has 0 rings (SSSR count). The highest BCUT2D eigenvalue weighted by molar-refractivity contribution is 4.40. The van der Waals surface area contributed by atoms with Gasteiger partial charge in [-0.1, -0.05) is 20.3 Å². The zero-order valence-corrected chi connectivity index (χ0v) is 12.6. The average molecular weight is 277 g/mol. The van der Waals surface area contributed by atoms with E-state index in [0.717, 1.165) is 32.7 Å². The van der Waals surface area contributed by atoms with Crippen LogP contribution in [0.4, 0.5) is 0 Å². The third-order valence-electron chi connectivity index (χ3n) is 2.43. The van der Waals surface area contributed by atoms with Gasteiger partial charge in [-0.2, -0.15) is 0 Å². The lowest BCUT2D eigenvalue weighted by atomic mass is 10.4. The SMILES string of the molecule is CCCCOCCOCCOCCOCCNCC. The first-order valence-electron chi connectivity index (χ1n) is 7.43. The van der Waals surface area contributed by atoms with Gasteiger partial charge in [0.1, 0.15) is 0 Å². The molecular weight excluding hydrogens is 246 g/mol. The Morgan fingerprint density at radius 3 is 1.58 bits per heavy atom. The van der Waals surface area contributed by atoms with E-state index < -0.39 is 0 Å². The fourth-order valence-corrected chi connectivity index (χ4v) is 1.33. The summed E-state index contributed by atoms with van der Waals surface area (Å²) in [4.78, 5) is 0. The molecule has 1 N–H and O–H groups in total. The van der Waals surface area contributed by atoms with Gasteiger partial charge < -0.3 is 24.3 Å². The third-order valence-corrected chi connectivity index (χ3v) is 2.43. The largest absolute Gasteiger partial charge is 0.379 e. The zero-order valence-electron chi connectivity index (χ0n) is 12.6. The minimum Gasteiger partial charge on any atom is -0.379 e. The summed E-state index contributed by atoms with van der Waals surface area (Å²) >= 11 is 0. The van der Waals surface area contributed by atoms with Crippen molar-refractivity contribution in [3.05, 3.63) is 0 Å². The van der Waals surface area contributed by atoms with Crippen molar-refractivity contribution in [3.63, 3.8) is 0 Å². The maximum Gasteiger partial charge on any atom is 0.0701 e. The molecule has 0 aliphatic heterocycles. The second kappa shape index (κ2) is 17.8. The van der Waals surface area contributed by atoms with Crippen molar-refractivity contribution in [2.45, 2.75) is 26.7 Å². The van der Waals surface area contributed by atoms with Gasteiger partial charge in [-0.25, -0.2) is 0 Å². The van der Waals surface area contributed by atoms with E-state index >= 15 is 0 Å². The molecular formula is C14H31NO4. The van der Waals surface area contributed by atoms with E-state index in [-0.39, 0.29) is 0 Å². The molecule has 116 valence electrons. The summed E-state index contributed by atoms with van der Waals surface area (Å²) in [6, 6.07) is 0. The number of hydrogen-bond acceptors (Lipinski definition) is 5. The van der Waals surface area contributed by atoms with Gasteiger partial charge in [-0.3, -0.25) is 0 Å². The highest BCUT2D eigenvalue weighted by atomic mass is 16.6. The molecule has 0 aliphatic rings. The van der Waals surface area contributed by atoms with E-state index in [1.807, 2.05) is 0 Å². The molecule has 0 heterocycles. The minimum absolute atomic E-state index is 0.617. The van der Waals surface area contributed by atoms with E-state index in [4.69, 9.17) is 18.9 Å². The summed E-state index contributed by atoms with van der Waals surface area (Å²) in [7, 11) is 0. The highest BCUT2D eigenvalue weighted by Crippen LogP contribution is 1.88. The summed E-state index contributed by atoms with van der Waals surface area (Å²) in [6.45, 7) is 11.5. The Bertz CT molecular complexity index is 142. The van der Waals surface area contributed by atoms with Crippen LogP contribution in [0, 0.1) is 0 Å². The molecule has 0 aromatic heterocycles. The van der Waals surface area contributed by atoms with Crippen molar-refractivity contribution < 1.29 is 18.9 Å².